The van der Waals surface area contributed by atoms with Crippen LogP contribution in [0, 0.1) is 0 Å². The zero-order chi connectivity index (χ0) is 17.1. The summed E-state index contributed by atoms with van der Waals surface area (Å²) in [5.74, 6) is -0.0977. The SMILES string of the molecule is O=C(Cc1noc2ccccc12)NCc1ccccc1-n1ccnc1. The number of benzene rings is 2. The molecule has 2 heterocycles. The minimum absolute atomic E-state index is 0.0977. The standard InChI is InChI=1S/C19H16N4O2/c24-19(11-16-15-6-2-4-8-18(15)25-22-16)21-12-14-5-1-3-7-17(14)23-10-9-20-13-23/h1-10,13H,11-12H2,(H,21,24). The van der Waals surface area contributed by atoms with Gasteiger partial charge in [0.2, 0.25) is 5.91 Å². The van der Waals surface area contributed by atoms with E-state index in [2.05, 4.69) is 15.5 Å². The molecule has 0 spiro atoms. The first-order valence-corrected chi connectivity index (χ1v) is 7.97. The van der Waals surface area contributed by atoms with Gasteiger partial charge in [0.15, 0.2) is 5.58 Å². The molecule has 4 rings (SSSR count). The molecule has 2 aromatic carbocycles. The number of hydrogen-bond acceptors (Lipinski definition) is 4. The molecule has 4 aromatic rings. The lowest BCUT2D eigenvalue weighted by molar-refractivity contribution is -0.120. The number of rotatable bonds is 5. The Morgan fingerprint density at radius 2 is 1.96 bits per heavy atom. The Morgan fingerprint density at radius 1 is 1.12 bits per heavy atom. The maximum atomic E-state index is 12.3. The second-order valence-electron chi connectivity index (χ2n) is 5.68. The molecule has 0 saturated carbocycles. The Kier molecular flexibility index (Phi) is 4.00. The van der Waals surface area contributed by atoms with E-state index in [-0.39, 0.29) is 12.3 Å². The van der Waals surface area contributed by atoms with Crippen molar-refractivity contribution >= 4 is 16.9 Å². The monoisotopic (exact) mass is 332 g/mol. The molecule has 1 amide bonds. The van der Waals surface area contributed by atoms with Crippen molar-refractivity contribution in [3.8, 4) is 5.69 Å². The number of nitrogens with one attached hydrogen (secondary N) is 1. The van der Waals surface area contributed by atoms with Crippen molar-refractivity contribution in [3.63, 3.8) is 0 Å². The van der Waals surface area contributed by atoms with Gasteiger partial charge in [-0.15, -0.1) is 0 Å². The highest BCUT2D eigenvalue weighted by atomic mass is 16.5. The molecular weight excluding hydrogens is 316 g/mol. The first-order chi connectivity index (χ1) is 12.3. The van der Waals surface area contributed by atoms with Crippen LogP contribution in [0.15, 0.2) is 71.8 Å². The van der Waals surface area contributed by atoms with Crippen molar-refractivity contribution in [1.82, 2.24) is 20.0 Å². The number of para-hydroxylation sites is 2. The summed E-state index contributed by atoms with van der Waals surface area (Å²) in [6.07, 6.45) is 5.53. The van der Waals surface area contributed by atoms with Crippen molar-refractivity contribution in [2.45, 2.75) is 13.0 Å². The number of carbonyl (C=O) groups excluding carboxylic acids is 1. The first kappa shape index (κ1) is 15.1. The summed E-state index contributed by atoms with van der Waals surface area (Å²) in [4.78, 5) is 16.4. The summed E-state index contributed by atoms with van der Waals surface area (Å²) >= 11 is 0. The molecule has 0 saturated heterocycles. The fourth-order valence-corrected chi connectivity index (χ4v) is 2.79. The zero-order valence-electron chi connectivity index (χ0n) is 13.4. The molecule has 25 heavy (non-hydrogen) atoms. The van der Waals surface area contributed by atoms with E-state index in [1.807, 2.05) is 59.3 Å². The number of imidazole rings is 1. The Balaban J connectivity index is 1.46. The van der Waals surface area contributed by atoms with Crippen LogP contribution in [0.3, 0.4) is 0 Å². The van der Waals surface area contributed by atoms with Gasteiger partial charge >= 0.3 is 0 Å². The van der Waals surface area contributed by atoms with E-state index in [4.69, 9.17) is 4.52 Å². The lowest BCUT2D eigenvalue weighted by Gasteiger charge is -2.11. The number of fused-ring (bicyclic) bond motifs is 1. The summed E-state index contributed by atoms with van der Waals surface area (Å²) < 4.78 is 7.16. The van der Waals surface area contributed by atoms with Crippen LogP contribution in [0.2, 0.25) is 0 Å². The molecule has 1 N–H and O–H groups in total. The normalized spacial score (nSPS) is 10.9. The third kappa shape index (κ3) is 3.14. The van der Waals surface area contributed by atoms with Crippen LogP contribution in [-0.2, 0) is 17.8 Å². The Labute approximate surface area is 144 Å². The van der Waals surface area contributed by atoms with Gasteiger partial charge in [-0.3, -0.25) is 4.79 Å². The highest BCUT2D eigenvalue weighted by Gasteiger charge is 2.12. The van der Waals surface area contributed by atoms with Gasteiger partial charge in [-0.2, -0.15) is 0 Å². The topological polar surface area (TPSA) is 73.0 Å². The van der Waals surface area contributed by atoms with Gasteiger partial charge in [0.05, 0.1) is 18.4 Å². The maximum absolute atomic E-state index is 12.3. The number of nitrogens with zero attached hydrogens (tertiary/aromatic N) is 3. The fourth-order valence-electron chi connectivity index (χ4n) is 2.79. The van der Waals surface area contributed by atoms with Gasteiger partial charge in [-0.25, -0.2) is 4.98 Å². The van der Waals surface area contributed by atoms with Gasteiger partial charge in [0.25, 0.3) is 0 Å². The largest absolute Gasteiger partial charge is 0.356 e. The second kappa shape index (κ2) is 6.60. The predicted molar refractivity (Wildman–Crippen MR) is 93.1 cm³/mol. The van der Waals surface area contributed by atoms with Gasteiger partial charge in [-0.1, -0.05) is 35.5 Å². The zero-order valence-corrected chi connectivity index (χ0v) is 13.4. The summed E-state index contributed by atoms with van der Waals surface area (Å²) in [7, 11) is 0. The number of amides is 1. The van der Waals surface area contributed by atoms with Gasteiger partial charge in [-0.05, 0) is 23.8 Å². The molecular formula is C19H16N4O2. The quantitative estimate of drug-likeness (QED) is 0.610. The molecule has 6 nitrogen and oxygen atoms in total. The third-order valence-electron chi connectivity index (χ3n) is 4.03. The number of carbonyl (C=O) groups is 1. The average molecular weight is 332 g/mol. The minimum Gasteiger partial charge on any atom is -0.356 e. The first-order valence-electron chi connectivity index (χ1n) is 7.97. The number of hydrogen-bond donors (Lipinski definition) is 1. The summed E-state index contributed by atoms with van der Waals surface area (Å²) in [6.45, 7) is 0.434. The Morgan fingerprint density at radius 3 is 2.84 bits per heavy atom. The second-order valence-corrected chi connectivity index (χ2v) is 5.68. The smallest absolute Gasteiger partial charge is 0.226 e. The van der Waals surface area contributed by atoms with Crippen molar-refractivity contribution in [2.75, 3.05) is 0 Å². The number of aromatic nitrogens is 3. The molecule has 0 bridgehead atoms. The highest BCUT2D eigenvalue weighted by Crippen LogP contribution is 2.18. The van der Waals surface area contributed by atoms with Crippen LogP contribution in [0.1, 0.15) is 11.3 Å². The molecule has 124 valence electrons. The van der Waals surface area contributed by atoms with Crippen LogP contribution in [0.4, 0.5) is 0 Å². The van der Waals surface area contributed by atoms with E-state index >= 15 is 0 Å². The Hall–Kier alpha value is -3.41. The van der Waals surface area contributed by atoms with Crippen LogP contribution in [0.5, 0.6) is 0 Å². The molecule has 0 unspecified atom stereocenters. The van der Waals surface area contributed by atoms with Crippen LogP contribution in [0.25, 0.3) is 16.7 Å². The third-order valence-corrected chi connectivity index (χ3v) is 4.03. The molecule has 0 radical (unpaired) electrons. The van der Waals surface area contributed by atoms with Crippen LogP contribution < -0.4 is 5.32 Å². The molecule has 0 aliphatic heterocycles. The predicted octanol–water partition coefficient (Wildman–Crippen LogP) is 2.87. The van der Waals surface area contributed by atoms with E-state index < -0.39 is 0 Å². The van der Waals surface area contributed by atoms with E-state index in [0.29, 0.717) is 17.8 Å². The van der Waals surface area contributed by atoms with Crippen molar-refractivity contribution in [2.24, 2.45) is 0 Å². The highest BCUT2D eigenvalue weighted by molar-refractivity contribution is 5.86. The van der Waals surface area contributed by atoms with Crippen LogP contribution >= 0.6 is 0 Å². The Bertz CT molecular complexity index is 1010. The molecule has 6 heteroatoms. The molecule has 0 fully saturated rings. The van der Waals surface area contributed by atoms with Gasteiger partial charge in [0.1, 0.15) is 5.69 Å². The lowest BCUT2D eigenvalue weighted by atomic mass is 10.1. The summed E-state index contributed by atoms with van der Waals surface area (Å²) in [5, 5.41) is 7.82. The van der Waals surface area contributed by atoms with Gasteiger partial charge in [0, 0.05) is 24.3 Å². The van der Waals surface area contributed by atoms with E-state index in [9.17, 15) is 4.79 Å². The van der Waals surface area contributed by atoms with E-state index in [0.717, 1.165) is 16.6 Å². The molecule has 0 aliphatic carbocycles. The maximum Gasteiger partial charge on any atom is 0.226 e. The molecule has 0 aliphatic rings. The lowest BCUT2D eigenvalue weighted by Crippen LogP contribution is -2.25. The van der Waals surface area contributed by atoms with Crippen LogP contribution in [-0.4, -0.2) is 20.6 Å². The minimum atomic E-state index is -0.0977. The van der Waals surface area contributed by atoms with Gasteiger partial charge < -0.3 is 14.4 Å². The summed E-state index contributed by atoms with van der Waals surface area (Å²) in [6, 6.07) is 15.4. The fraction of sp³-hybridized carbons (Fsp3) is 0.105. The molecule has 2 aromatic heterocycles. The van der Waals surface area contributed by atoms with E-state index in [1.165, 1.54) is 0 Å². The summed E-state index contributed by atoms with van der Waals surface area (Å²) in [5.41, 5.74) is 3.35. The van der Waals surface area contributed by atoms with Crippen molar-refractivity contribution in [1.29, 1.82) is 0 Å². The molecule has 0 atom stereocenters. The van der Waals surface area contributed by atoms with Crippen molar-refractivity contribution in [3.05, 3.63) is 78.5 Å². The van der Waals surface area contributed by atoms with E-state index in [1.54, 1.807) is 12.5 Å². The van der Waals surface area contributed by atoms with Crippen molar-refractivity contribution < 1.29 is 9.32 Å². The average Bonchev–Trinajstić information content (AvgIpc) is 3.31.